The Kier molecular flexibility index (Phi) is 3.70. The first kappa shape index (κ1) is 15.0. The molecule has 4 rings (SSSR count). The molecule has 1 amide bonds. The second-order valence-electron chi connectivity index (χ2n) is 5.52. The van der Waals surface area contributed by atoms with Gasteiger partial charge in [-0.15, -0.1) is 0 Å². The Labute approximate surface area is 143 Å². The second kappa shape index (κ2) is 6.16. The van der Waals surface area contributed by atoms with Gasteiger partial charge in [0.1, 0.15) is 17.8 Å². The number of hydrogen-bond acceptors (Lipinski definition) is 5. The highest BCUT2D eigenvalue weighted by molar-refractivity contribution is 6.03. The Morgan fingerprint density at radius 1 is 1.16 bits per heavy atom. The van der Waals surface area contributed by atoms with Crippen LogP contribution in [0.1, 0.15) is 16.3 Å². The summed E-state index contributed by atoms with van der Waals surface area (Å²) in [6.45, 7) is 0.275. The van der Waals surface area contributed by atoms with Gasteiger partial charge in [0.2, 0.25) is 0 Å². The standard InChI is InChI=1S/C17H15N7O/c1-24-16-12(7-22-24)15(20-10-21-16)17(25)19-9-14-18-8-13(23-14)11-5-3-2-4-6-11/h2-8,10H,9H2,1H3,(H,18,23)(H,19,25). The van der Waals surface area contributed by atoms with Crippen molar-refractivity contribution in [2.45, 2.75) is 6.54 Å². The average Bonchev–Trinajstić information content (AvgIpc) is 3.28. The van der Waals surface area contributed by atoms with Crippen LogP contribution in [0.2, 0.25) is 0 Å². The molecule has 8 heteroatoms. The summed E-state index contributed by atoms with van der Waals surface area (Å²) in [6, 6.07) is 9.88. The Balaban J connectivity index is 1.50. The molecule has 0 fully saturated rings. The minimum Gasteiger partial charge on any atom is -0.343 e. The maximum absolute atomic E-state index is 12.4. The van der Waals surface area contributed by atoms with Crippen molar-refractivity contribution >= 4 is 16.9 Å². The van der Waals surface area contributed by atoms with Crippen molar-refractivity contribution in [2.75, 3.05) is 0 Å². The normalized spacial score (nSPS) is 10.9. The number of hydrogen-bond donors (Lipinski definition) is 2. The van der Waals surface area contributed by atoms with E-state index in [0.29, 0.717) is 22.6 Å². The van der Waals surface area contributed by atoms with Gasteiger partial charge in [-0.1, -0.05) is 30.3 Å². The van der Waals surface area contributed by atoms with Crippen molar-refractivity contribution in [3.05, 3.63) is 60.6 Å². The van der Waals surface area contributed by atoms with Gasteiger partial charge in [-0.3, -0.25) is 9.48 Å². The molecule has 0 aliphatic heterocycles. The highest BCUT2D eigenvalue weighted by Gasteiger charge is 2.15. The number of aromatic nitrogens is 6. The van der Waals surface area contributed by atoms with E-state index in [2.05, 4.69) is 30.4 Å². The molecule has 2 N–H and O–H groups in total. The molecule has 0 aliphatic carbocycles. The van der Waals surface area contributed by atoms with Crippen molar-refractivity contribution in [2.24, 2.45) is 7.05 Å². The number of nitrogens with zero attached hydrogens (tertiary/aromatic N) is 5. The fourth-order valence-corrected chi connectivity index (χ4v) is 2.61. The topological polar surface area (TPSA) is 101 Å². The first-order chi connectivity index (χ1) is 12.2. The van der Waals surface area contributed by atoms with Crippen LogP contribution in [0.25, 0.3) is 22.3 Å². The van der Waals surface area contributed by atoms with Crippen LogP contribution in [0.3, 0.4) is 0 Å². The van der Waals surface area contributed by atoms with Gasteiger partial charge in [0.15, 0.2) is 5.65 Å². The van der Waals surface area contributed by atoms with Crippen LogP contribution in [0.15, 0.2) is 49.1 Å². The minimum atomic E-state index is -0.293. The van der Waals surface area contributed by atoms with Gasteiger partial charge in [0, 0.05) is 7.05 Å². The van der Waals surface area contributed by atoms with E-state index < -0.39 is 0 Å². The maximum atomic E-state index is 12.4. The summed E-state index contributed by atoms with van der Waals surface area (Å²) in [4.78, 5) is 28.2. The number of amides is 1. The number of carbonyl (C=O) groups is 1. The summed E-state index contributed by atoms with van der Waals surface area (Å²) in [5, 5.41) is 7.55. The molecule has 124 valence electrons. The fourth-order valence-electron chi connectivity index (χ4n) is 2.61. The van der Waals surface area contributed by atoms with Crippen LogP contribution in [-0.2, 0) is 13.6 Å². The van der Waals surface area contributed by atoms with E-state index in [1.54, 1.807) is 24.1 Å². The Morgan fingerprint density at radius 2 is 2.00 bits per heavy atom. The summed E-state index contributed by atoms with van der Waals surface area (Å²) in [7, 11) is 1.77. The molecule has 0 aliphatic rings. The summed E-state index contributed by atoms with van der Waals surface area (Å²) >= 11 is 0. The largest absolute Gasteiger partial charge is 0.343 e. The Morgan fingerprint density at radius 3 is 2.84 bits per heavy atom. The van der Waals surface area contributed by atoms with E-state index in [0.717, 1.165) is 11.3 Å². The van der Waals surface area contributed by atoms with E-state index in [9.17, 15) is 4.79 Å². The zero-order valence-electron chi connectivity index (χ0n) is 13.5. The van der Waals surface area contributed by atoms with E-state index >= 15 is 0 Å². The fraction of sp³-hybridized carbons (Fsp3) is 0.118. The SMILES string of the molecule is Cn1ncc2c(C(=O)NCc3ncc(-c4ccccc4)[nH]3)ncnc21. The van der Waals surface area contributed by atoms with Crippen LogP contribution in [0.5, 0.6) is 0 Å². The minimum absolute atomic E-state index is 0.275. The van der Waals surface area contributed by atoms with Crippen molar-refractivity contribution < 1.29 is 4.79 Å². The number of rotatable bonds is 4. The van der Waals surface area contributed by atoms with Crippen LogP contribution in [0.4, 0.5) is 0 Å². The third kappa shape index (κ3) is 2.85. The maximum Gasteiger partial charge on any atom is 0.271 e. The molecular weight excluding hydrogens is 318 g/mol. The molecule has 0 saturated heterocycles. The number of aromatic amines is 1. The van der Waals surface area contributed by atoms with Crippen molar-refractivity contribution in [3.8, 4) is 11.3 Å². The monoisotopic (exact) mass is 333 g/mol. The molecule has 0 atom stereocenters. The molecule has 0 radical (unpaired) electrons. The van der Waals surface area contributed by atoms with Crippen LogP contribution in [-0.4, -0.2) is 35.6 Å². The first-order valence-corrected chi connectivity index (χ1v) is 7.72. The zero-order valence-corrected chi connectivity index (χ0v) is 13.5. The number of nitrogens with one attached hydrogen (secondary N) is 2. The molecule has 0 spiro atoms. The lowest BCUT2D eigenvalue weighted by Gasteiger charge is -2.03. The summed E-state index contributed by atoms with van der Waals surface area (Å²) in [5.41, 5.74) is 2.86. The highest BCUT2D eigenvalue weighted by Crippen LogP contribution is 2.16. The smallest absolute Gasteiger partial charge is 0.271 e. The Bertz CT molecular complexity index is 1040. The van der Waals surface area contributed by atoms with Crippen LogP contribution < -0.4 is 5.32 Å². The number of H-pyrrole nitrogens is 1. The van der Waals surface area contributed by atoms with Gasteiger partial charge in [0.05, 0.1) is 30.0 Å². The molecule has 25 heavy (non-hydrogen) atoms. The third-order valence-electron chi connectivity index (χ3n) is 3.87. The van der Waals surface area contributed by atoms with Crippen LogP contribution >= 0.6 is 0 Å². The van der Waals surface area contributed by atoms with Gasteiger partial charge in [-0.2, -0.15) is 5.10 Å². The van der Waals surface area contributed by atoms with Crippen molar-refractivity contribution in [1.29, 1.82) is 0 Å². The average molecular weight is 333 g/mol. The predicted molar refractivity (Wildman–Crippen MR) is 91.5 cm³/mol. The predicted octanol–water partition coefficient (Wildman–Crippen LogP) is 1.68. The van der Waals surface area contributed by atoms with Crippen LogP contribution in [0, 0.1) is 0 Å². The van der Waals surface area contributed by atoms with Gasteiger partial charge in [0.25, 0.3) is 5.91 Å². The quantitative estimate of drug-likeness (QED) is 0.592. The van der Waals surface area contributed by atoms with Crippen molar-refractivity contribution in [3.63, 3.8) is 0 Å². The first-order valence-electron chi connectivity index (χ1n) is 7.72. The number of fused-ring (bicyclic) bond motifs is 1. The third-order valence-corrected chi connectivity index (χ3v) is 3.87. The molecule has 0 unspecified atom stereocenters. The van der Waals surface area contributed by atoms with E-state index in [1.807, 2.05) is 30.3 Å². The summed E-state index contributed by atoms with van der Waals surface area (Å²) < 4.78 is 1.60. The lowest BCUT2D eigenvalue weighted by molar-refractivity contribution is 0.0946. The van der Waals surface area contributed by atoms with E-state index in [4.69, 9.17) is 0 Å². The molecule has 3 heterocycles. The van der Waals surface area contributed by atoms with Crippen molar-refractivity contribution in [1.82, 2.24) is 35.0 Å². The van der Waals surface area contributed by atoms with Gasteiger partial charge in [-0.25, -0.2) is 15.0 Å². The number of aryl methyl sites for hydroxylation is 1. The number of carbonyl (C=O) groups excluding carboxylic acids is 1. The molecule has 4 aromatic rings. The lowest BCUT2D eigenvalue weighted by Crippen LogP contribution is -2.24. The highest BCUT2D eigenvalue weighted by atomic mass is 16.1. The molecule has 0 saturated carbocycles. The van der Waals surface area contributed by atoms with Gasteiger partial charge >= 0.3 is 0 Å². The van der Waals surface area contributed by atoms with Gasteiger partial charge in [-0.05, 0) is 5.56 Å². The molecule has 0 bridgehead atoms. The zero-order chi connectivity index (χ0) is 17.2. The summed E-state index contributed by atoms with van der Waals surface area (Å²) in [5.74, 6) is 0.377. The lowest BCUT2D eigenvalue weighted by atomic mass is 10.2. The van der Waals surface area contributed by atoms with E-state index in [1.165, 1.54) is 6.33 Å². The Hall–Kier alpha value is -3.55. The van der Waals surface area contributed by atoms with Gasteiger partial charge < -0.3 is 10.3 Å². The molecular formula is C17H15N7O. The van der Waals surface area contributed by atoms with E-state index in [-0.39, 0.29) is 12.5 Å². The molecule has 3 aromatic heterocycles. The molecule has 8 nitrogen and oxygen atoms in total. The number of imidazole rings is 1. The molecule has 1 aromatic carbocycles. The second-order valence-corrected chi connectivity index (χ2v) is 5.52. The number of benzene rings is 1. The summed E-state index contributed by atoms with van der Waals surface area (Å²) in [6.07, 6.45) is 4.70.